The van der Waals surface area contributed by atoms with Crippen LogP contribution in [0.1, 0.15) is 38.2 Å². The van der Waals surface area contributed by atoms with Crippen LogP contribution >= 0.6 is 0 Å². The van der Waals surface area contributed by atoms with Crippen molar-refractivity contribution in [3.63, 3.8) is 0 Å². The molecule has 0 bridgehead atoms. The summed E-state index contributed by atoms with van der Waals surface area (Å²) in [5, 5.41) is 4.13. The predicted octanol–water partition coefficient (Wildman–Crippen LogP) is 2.59. The van der Waals surface area contributed by atoms with Crippen LogP contribution in [-0.2, 0) is 9.63 Å². The molecule has 3 rings (SSSR count). The molecule has 0 aromatic heterocycles. The summed E-state index contributed by atoms with van der Waals surface area (Å²) < 4.78 is 5.36. The number of carbonyl (C=O) groups is 1. The number of ether oxygens (including phenoxy) is 1. The van der Waals surface area contributed by atoms with E-state index in [0.717, 1.165) is 36.4 Å². The summed E-state index contributed by atoms with van der Waals surface area (Å²) in [6, 6.07) is 7.97. The molecule has 22 heavy (non-hydrogen) atoms. The molecule has 2 atom stereocenters. The van der Waals surface area contributed by atoms with Crippen molar-refractivity contribution in [2.75, 3.05) is 13.7 Å². The first kappa shape index (κ1) is 14.9. The average molecular weight is 302 g/mol. The number of carbonyl (C=O) groups excluding carboxylic acids is 1. The van der Waals surface area contributed by atoms with E-state index >= 15 is 0 Å². The van der Waals surface area contributed by atoms with Gasteiger partial charge in [-0.3, -0.25) is 4.79 Å². The van der Waals surface area contributed by atoms with Crippen molar-refractivity contribution in [1.29, 1.82) is 0 Å². The summed E-state index contributed by atoms with van der Waals surface area (Å²) in [7, 11) is 1.63. The van der Waals surface area contributed by atoms with Crippen LogP contribution in [0.4, 0.5) is 0 Å². The van der Waals surface area contributed by atoms with E-state index in [-0.39, 0.29) is 5.91 Å². The molecule has 0 aliphatic carbocycles. The van der Waals surface area contributed by atoms with Crippen LogP contribution in [0.3, 0.4) is 0 Å². The second-order valence-electron chi connectivity index (χ2n) is 5.91. The van der Waals surface area contributed by atoms with E-state index in [0.29, 0.717) is 12.5 Å². The van der Waals surface area contributed by atoms with Gasteiger partial charge >= 0.3 is 0 Å². The molecular formula is C17H22N2O3. The Balaban J connectivity index is 1.70. The Morgan fingerprint density at radius 3 is 2.95 bits per heavy atom. The van der Waals surface area contributed by atoms with Crippen LogP contribution in [0.2, 0.25) is 0 Å². The Kier molecular flexibility index (Phi) is 4.32. The number of oxime groups is 1. The summed E-state index contributed by atoms with van der Waals surface area (Å²) in [5.41, 5.74) is 1.67. The van der Waals surface area contributed by atoms with Crippen molar-refractivity contribution in [3.05, 3.63) is 29.8 Å². The fraction of sp³-hybridized carbons (Fsp3) is 0.529. The molecule has 1 amide bonds. The molecule has 0 saturated carbocycles. The normalized spacial score (nSPS) is 24.6. The molecule has 0 unspecified atom stereocenters. The van der Waals surface area contributed by atoms with Crippen LogP contribution in [0.25, 0.3) is 0 Å². The SMILES string of the molecule is COc1ccccc1C1=NO[C@@H](C(=O)N2CCCC[C@@H]2C)C1. The van der Waals surface area contributed by atoms with Crippen LogP contribution in [0.15, 0.2) is 29.4 Å². The lowest BCUT2D eigenvalue weighted by molar-refractivity contribution is -0.145. The fourth-order valence-electron chi connectivity index (χ4n) is 3.16. The second-order valence-corrected chi connectivity index (χ2v) is 5.91. The van der Waals surface area contributed by atoms with Gasteiger partial charge in [-0.25, -0.2) is 0 Å². The summed E-state index contributed by atoms with van der Waals surface area (Å²) in [5.74, 6) is 0.810. The Morgan fingerprint density at radius 1 is 1.36 bits per heavy atom. The van der Waals surface area contributed by atoms with Crippen molar-refractivity contribution in [1.82, 2.24) is 4.90 Å². The number of para-hydroxylation sites is 1. The van der Waals surface area contributed by atoms with Crippen molar-refractivity contribution < 1.29 is 14.4 Å². The molecule has 0 spiro atoms. The van der Waals surface area contributed by atoms with Gasteiger partial charge in [-0.1, -0.05) is 17.3 Å². The zero-order valence-corrected chi connectivity index (χ0v) is 13.1. The van der Waals surface area contributed by atoms with E-state index in [1.54, 1.807) is 7.11 Å². The van der Waals surface area contributed by atoms with Crippen LogP contribution in [-0.4, -0.2) is 42.3 Å². The standard InChI is InChI=1S/C17H22N2O3/c1-12-7-5-6-10-19(12)17(20)16-11-14(18-22-16)13-8-3-4-9-15(13)21-2/h3-4,8-9,12,16H,5-7,10-11H2,1-2H3/t12-,16+/m0/s1. The summed E-state index contributed by atoms with van der Waals surface area (Å²) in [6.07, 6.45) is 3.34. The van der Waals surface area contributed by atoms with Gasteiger partial charge < -0.3 is 14.5 Å². The molecule has 5 nitrogen and oxygen atoms in total. The summed E-state index contributed by atoms with van der Waals surface area (Å²) >= 11 is 0. The number of rotatable bonds is 3. The lowest BCUT2D eigenvalue weighted by Crippen LogP contribution is -2.47. The third-order valence-corrected chi connectivity index (χ3v) is 4.45. The number of amides is 1. The maximum atomic E-state index is 12.6. The first-order valence-corrected chi connectivity index (χ1v) is 7.87. The quantitative estimate of drug-likeness (QED) is 0.862. The Bertz CT molecular complexity index is 585. The van der Waals surface area contributed by atoms with Gasteiger partial charge in [-0.2, -0.15) is 0 Å². The highest BCUT2D eigenvalue weighted by atomic mass is 16.6. The number of nitrogens with zero attached hydrogens (tertiary/aromatic N) is 2. The lowest BCUT2D eigenvalue weighted by Gasteiger charge is -2.34. The van der Waals surface area contributed by atoms with Gasteiger partial charge in [0.1, 0.15) is 5.75 Å². The molecule has 2 aliphatic heterocycles. The van der Waals surface area contributed by atoms with Gasteiger partial charge in [0, 0.05) is 24.6 Å². The molecule has 1 aromatic carbocycles. The van der Waals surface area contributed by atoms with Crippen molar-refractivity contribution in [2.24, 2.45) is 5.16 Å². The van der Waals surface area contributed by atoms with Gasteiger partial charge in [-0.05, 0) is 38.3 Å². The average Bonchev–Trinajstić information content (AvgIpc) is 3.04. The van der Waals surface area contributed by atoms with Gasteiger partial charge in [0.2, 0.25) is 6.10 Å². The summed E-state index contributed by atoms with van der Waals surface area (Å²) in [4.78, 5) is 20.0. The van der Waals surface area contributed by atoms with Crippen LogP contribution in [0.5, 0.6) is 5.75 Å². The van der Waals surface area contributed by atoms with E-state index in [1.165, 1.54) is 6.42 Å². The maximum absolute atomic E-state index is 12.6. The first-order chi connectivity index (χ1) is 10.7. The fourth-order valence-corrected chi connectivity index (χ4v) is 3.16. The third-order valence-electron chi connectivity index (χ3n) is 4.45. The first-order valence-electron chi connectivity index (χ1n) is 7.87. The molecule has 118 valence electrons. The van der Waals surface area contributed by atoms with Crippen LogP contribution < -0.4 is 4.74 Å². The molecular weight excluding hydrogens is 280 g/mol. The number of hydrogen-bond acceptors (Lipinski definition) is 4. The van der Waals surface area contributed by atoms with Gasteiger partial charge in [0.15, 0.2) is 0 Å². The molecule has 2 heterocycles. The minimum Gasteiger partial charge on any atom is -0.496 e. The molecule has 0 radical (unpaired) electrons. The second kappa shape index (κ2) is 6.38. The number of likely N-dealkylation sites (tertiary alicyclic amines) is 1. The third kappa shape index (κ3) is 2.80. The van der Waals surface area contributed by atoms with E-state index < -0.39 is 6.10 Å². The molecule has 1 saturated heterocycles. The molecule has 5 heteroatoms. The topological polar surface area (TPSA) is 51.1 Å². The molecule has 2 aliphatic rings. The summed E-state index contributed by atoms with van der Waals surface area (Å²) in [6.45, 7) is 2.93. The Morgan fingerprint density at radius 2 is 2.18 bits per heavy atom. The highest BCUT2D eigenvalue weighted by molar-refractivity contribution is 6.05. The van der Waals surface area contributed by atoms with Crippen molar-refractivity contribution in [2.45, 2.75) is 44.8 Å². The smallest absolute Gasteiger partial charge is 0.267 e. The number of piperidine rings is 1. The van der Waals surface area contributed by atoms with E-state index in [4.69, 9.17) is 9.57 Å². The zero-order valence-electron chi connectivity index (χ0n) is 13.1. The highest BCUT2D eigenvalue weighted by Crippen LogP contribution is 2.26. The largest absolute Gasteiger partial charge is 0.496 e. The Labute approximate surface area is 130 Å². The Hall–Kier alpha value is -2.04. The minimum absolute atomic E-state index is 0.0563. The van der Waals surface area contributed by atoms with E-state index in [9.17, 15) is 4.79 Å². The van der Waals surface area contributed by atoms with Crippen molar-refractivity contribution >= 4 is 11.6 Å². The molecule has 0 N–H and O–H groups in total. The van der Waals surface area contributed by atoms with E-state index in [2.05, 4.69) is 12.1 Å². The van der Waals surface area contributed by atoms with Crippen LogP contribution in [0, 0.1) is 0 Å². The maximum Gasteiger partial charge on any atom is 0.267 e. The number of benzene rings is 1. The molecule has 1 aromatic rings. The zero-order chi connectivity index (χ0) is 15.5. The van der Waals surface area contributed by atoms with Crippen molar-refractivity contribution in [3.8, 4) is 5.75 Å². The molecule has 1 fully saturated rings. The minimum atomic E-state index is -0.500. The van der Waals surface area contributed by atoms with E-state index in [1.807, 2.05) is 29.2 Å². The van der Waals surface area contributed by atoms with Gasteiger partial charge in [0.25, 0.3) is 5.91 Å². The predicted molar refractivity (Wildman–Crippen MR) is 84.0 cm³/mol. The lowest BCUT2D eigenvalue weighted by atomic mass is 10.00. The van der Waals surface area contributed by atoms with Gasteiger partial charge in [-0.15, -0.1) is 0 Å². The number of methoxy groups -OCH3 is 1. The van der Waals surface area contributed by atoms with Gasteiger partial charge in [0.05, 0.1) is 12.8 Å². The highest BCUT2D eigenvalue weighted by Gasteiger charge is 2.35. The monoisotopic (exact) mass is 302 g/mol. The number of hydrogen-bond donors (Lipinski definition) is 0.